The summed E-state index contributed by atoms with van der Waals surface area (Å²) in [7, 11) is -2.82. The van der Waals surface area contributed by atoms with Crippen LogP contribution in [-0.2, 0) is 19.7 Å². The number of nitrogens with one attached hydrogen (secondary N) is 2. The molecule has 0 aliphatic carbocycles. The molecule has 150 valence electrons. The van der Waals surface area contributed by atoms with Gasteiger partial charge in [-0.05, 0) is 51.8 Å². The Balaban J connectivity index is 1.99. The summed E-state index contributed by atoms with van der Waals surface area (Å²) in [6, 6.07) is 9.46. The van der Waals surface area contributed by atoms with Crippen LogP contribution in [0.15, 0.2) is 57.4 Å². The maximum atomic E-state index is 12.5. The van der Waals surface area contributed by atoms with E-state index in [9.17, 15) is 22.8 Å². The van der Waals surface area contributed by atoms with Gasteiger partial charge in [-0.2, -0.15) is 8.42 Å². The van der Waals surface area contributed by atoms with Gasteiger partial charge in [0.05, 0.1) is 11.6 Å². The highest BCUT2D eigenvalue weighted by atomic mass is 79.9. The fraction of sp³-hybridized carbons (Fsp3) is 0.0556. The molecule has 2 aromatic rings. The first-order valence-electron chi connectivity index (χ1n) is 7.96. The number of barbiturate groups is 1. The Morgan fingerprint density at radius 1 is 1.00 bits per heavy atom. The number of ether oxygens (including phenoxy) is 1. The highest BCUT2D eigenvalue weighted by Crippen LogP contribution is 2.39. The zero-order valence-corrected chi connectivity index (χ0v) is 17.2. The Kier molecular flexibility index (Phi) is 5.71. The minimum absolute atomic E-state index is 0.0402. The van der Waals surface area contributed by atoms with Crippen LogP contribution < -0.4 is 19.6 Å². The quantitative estimate of drug-likeness (QED) is 0.380. The summed E-state index contributed by atoms with van der Waals surface area (Å²) < 4.78 is 35.6. The lowest BCUT2D eigenvalue weighted by Gasteiger charge is -2.15. The molecular formula is C18H13BrN2O7S. The average Bonchev–Trinajstić information content (AvgIpc) is 2.67. The van der Waals surface area contributed by atoms with Gasteiger partial charge in [-0.1, -0.05) is 18.2 Å². The second-order valence-electron chi connectivity index (χ2n) is 5.68. The number of methoxy groups -OCH3 is 1. The fourth-order valence-electron chi connectivity index (χ4n) is 2.42. The van der Waals surface area contributed by atoms with Gasteiger partial charge in [-0.15, -0.1) is 0 Å². The predicted molar refractivity (Wildman–Crippen MR) is 105 cm³/mol. The highest BCUT2D eigenvalue weighted by molar-refractivity contribution is 9.10. The number of carbonyl (C=O) groups is 3. The minimum atomic E-state index is -4.12. The molecule has 1 saturated heterocycles. The Bertz CT molecular complexity index is 1120. The van der Waals surface area contributed by atoms with Gasteiger partial charge in [0.25, 0.3) is 11.8 Å². The minimum Gasteiger partial charge on any atom is -0.493 e. The maximum absolute atomic E-state index is 12.5. The van der Waals surface area contributed by atoms with E-state index in [0.717, 1.165) is 0 Å². The van der Waals surface area contributed by atoms with Crippen molar-refractivity contribution < 1.29 is 31.7 Å². The molecule has 0 aromatic heterocycles. The van der Waals surface area contributed by atoms with Crippen molar-refractivity contribution in [3.8, 4) is 11.5 Å². The lowest BCUT2D eigenvalue weighted by Crippen LogP contribution is -2.51. The van der Waals surface area contributed by atoms with E-state index in [4.69, 9.17) is 8.92 Å². The molecule has 1 heterocycles. The van der Waals surface area contributed by atoms with Crippen LogP contribution in [0.2, 0.25) is 0 Å². The van der Waals surface area contributed by atoms with Crippen LogP contribution in [0.4, 0.5) is 4.79 Å². The van der Waals surface area contributed by atoms with Crippen LogP contribution in [0.25, 0.3) is 6.08 Å². The summed E-state index contributed by atoms with van der Waals surface area (Å²) in [5.41, 5.74) is 0.0250. The van der Waals surface area contributed by atoms with Crippen molar-refractivity contribution in [3.05, 3.63) is 58.1 Å². The molecular weight excluding hydrogens is 468 g/mol. The highest BCUT2D eigenvalue weighted by Gasteiger charge is 2.28. The second-order valence-corrected chi connectivity index (χ2v) is 8.08. The molecule has 11 heteroatoms. The Morgan fingerprint density at radius 2 is 1.62 bits per heavy atom. The Labute approximate surface area is 173 Å². The topological polar surface area (TPSA) is 128 Å². The SMILES string of the molecule is COc1cc(C=C2C(=O)NC(=O)NC2=O)cc(Br)c1OS(=O)(=O)c1ccccc1. The van der Waals surface area contributed by atoms with Gasteiger partial charge < -0.3 is 8.92 Å². The number of hydrogen-bond donors (Lipinski definition) is 2. The van der Waals surface area contributed by atoms with Gasteiger partial charge in [0, 0.05) is 0 Å². The van der Waals surface area contributed by atoms with Gasteiger partial charge in [-0.25, -0.2) is 4.79 Å². The molecule has 0 atom stereocenters. The number of benzene rings is 2. The van der Waals surface area contributed by atoms with Crippen LogP contribution in [0.5, 0.6) is 11.5 Å². The number of halogens is 1. The van der Waals surface area contributed by atoms with Crippen LogP contribution in [0.3, 0.4) is 0 Å². The van der Waals surface area contributed by atoms with Crippen molar-refractivity contribution in [1.29, 1.82) is 0 Å². The van der Waals surface area contributed by atoms with E-state index in [2.05, 4.69) is 15.9 Å². The fourth-order valence-corrected chi connectivity index (χ4v) is 4.05. The number of amides is 4. The number of carbonyl (C=O) groups excluding carboxylic acids is 3. The average molecular weight is 481 g/mol. The van der Waals surface area contributed by atoms with Crippen LogP contribution in [0.1, 0.15) is 5.56 Å². The number of hydrogen-bond acceptors (Lipinski definition) is 7. The van der Waals surface area contributed by atoms with Gasteiger partial charge in [0.2, 0.25) is 0 Å². The Morgan fingerprint density at radius 3 is 2.21 bits per heavy atom. The molecule has 0 bridgehead atoms. The first kappa shape index (κ1) is 20.6. The zero-order valence-electron chi connectivity index (χ0n) is 14.8. The molecule has 0 unspecified atom stereocenters. The van der Waals surface area contributed by atoms with Crippen LogP contribution in [0, 0.1) is 0 Å². The predicted octanol–water partition coefficient (Wildman–Crippen LogP) is 1.97. The molecule has 0 radical (unpaired) electrons. The maximum Gasteiger partial charge on any atom is 0.339 e. The van der Waals surface area contributed by atoms with Crippen molar-refractivity contribution in [2.45, 2.75) is 4.90 Å². The lowest BCUT2D eigenvalue weighted by atomic mass is 10.1. The van der Waals surface area contributed by atoms with E-state index in [0.29, 0.717) is 5.56 Å². The zero-order chi connectivity index (χ0) is 21.2. The number of urea groups is 1. The van der Waals surface area contributed by atoms with Crippen molar-refractivity contribution >= 4 is 50.0 Å². The normalized spacial score (nSPS) is 14.1. The van der Waals surface area contributed by atoms with Gasteiger partial charge in [-0.3, -0.25) is 20.2 Å². The lowest BCUT2D eigenvalue weighted by molar-refractivity contribution is -0.123. The van der Waals surface area contributed by atoms with E-state index in [1.165, 1.54) is 37.5 Å². The molecule has 3 rings (SSSR count). The summed E-state index contributed by atoms with van der Waals surface area (Å²) >= 11 is 3.21. The molecule has 2 N–H and O–H groups in total. The molecule has 1 aliphatic heterocycles. The molecule has 1 aliphatic rings. The molecule has 9 nitrogen and oxygen atoms in total. The van der Waals surface area contributed by atoms with Crippen molar-refractivity contribution in [3.63, 3.8) is 0 Å². The largest absolute Gasteiger partial charge is 0.493 e. The van der Waals surface area contributed by atoms with Gasteiger partial charge >= 0.3 is 16.1 Å². The number of imide groups is 2. The molecule has 29 heavy (non-hydrogen) atoms. The van der Waals surface area contributed by atoms with E-state index < -0.39 is 28.0 Å². The van der Waals surface area contributed by atoms with Gasteiger partial charge in [0.15, 0.2) is 11.5 Å². The van der Waals surface area contributed by atoms with Crippen LogP contribution in [-0.4, -0.2) is 33.4 Å². The molecule has 0 saturated carbocycles. The first-order valence-corrected chi connectivity index (χ1v) is 10.2. The van der Waals surface area contributed by atoms with E-state index in [1.807, 2.05) is 10.6 Å². The summed E-state index contributed by atoms with van der Waals surface area (Å²) in [6.07, 6.45) is 1.22. The third-order valence-electron chi connectivity index (χ3n) is 3.73. The standard InChI is InChI=1S/C18H13BrN2O7S/c1-27-14-9-10(7-12-16(22)20-18(24)21-17(12)23)8-13(19)15(14)28-29(25,26)11-5-3-2-4-6-11/h2-9H,1H3,(H2,20,21,22,23,24). The van der Waals surface area contributed by atoms with Crippen molar-refractivity contribution in [2.24, 2.45) is 0 Å². The summed E-state index contributed by atoms with van der Waals surface area (Å²) in [4.78, 5) is 34.8. The van der Waals surface area contributed by atoms with E-state index in [-0.39, 0.29) is 26.4 Å². The van der Waals surface area contributed by atoms with Crippen LogP contribution >= 0.6 is 15.9 Å². The summed E-state index contributed by atoms with van der Waals surface area (Å²) in [5, 5.41) is 3.92. The number of rotatable bonds is 5. The smallest absolute Gasteiger partial charge is 0.339 e. The molecule has 4 amide bonds. The second kappa shape index (κ2) is 8.05. The first-order chi connectivity index (χ1) is 13.7. The summed E-state index contributed by atoms with van der Waals surface area (Å²) in [6.45, 7) is 0. The van der Waals surface area contributed by atoms with E-state index >= 15 is 0 Å². The van der Waals surface area contributed by atoms with Crippen molar-refractivity contribution in [1.82, 2.24) is 10.6 Å². The Hall–Kier alpha value is -3.18. The van der Waals surface area contributed by atoms with Crippen molar-refractivity contribution in [2.75, 3.05) is 7.11 Å². The molecule has 2 aromatic carbocycles. The third-order valence-corrected chi connectivity index (χ3v) is 5.56. The molecule has 1 fully saturated rings. The summed E-state index contributed by atoms with van der Waals surface area (Å²) in [5.74, 6) is -1.79. The molecule has 0 spiro atoms. The third kappa shape index (κ3) is 4.46. The monoisotopic (exact) mass is 480 g/mol. The van der Waals surface area contributed by atoms with Gasteiger partial charge in [0.1, 0.15) is 10.5 Å². The van der Waals surface area contributed by atoms with E-state index in [1.54, 1.807) is 18.2 Å².